The summed E-state index contributed by atoms with van der Waals surface area (Å²) >= 11 is 0. The highest BCUT2D eigenvalue weighted by Gasteiger charge is 2.28. The third-order valence-electron chi connectivity index (χ3n) is 4.86. The Kier molecular flexibility index (Phi) is 10.1. The summed E-state index contributed by atoms with van der Waals surface area (Å²) in [5.41, 5.74) is 2.06. The molecule has 0 aromatic heterocycles. The second-order valence-electron chi connectivity index (χ2n) is 7.73. The third kappa shape index (κ3) is 6.83. The second-order valence-corrected chi connectivity index (χ2v) is 7.73. The van der Waals surface area contributed by atoms with Gasteiger partial charge in [0.1, 0.15) is 0 Å². The van der Waals surface area contributed by atoms with E-state index in [0.717, 1.165) is 38.7 Å². The Morgan fingerprint density at radius 2 is 1.75 bits per heavy atom. The zero-order valence-electron chi connectivity index (χ0n) is 17.9. The second kappa shape index (κ2) is 11.5. The summed E-state index contributed by atoms with van der Waals surface area (Å²) in [6.45, 7) is 15.7. The van der Waals surface area contributed by atoms with Gasteiger partial charge in [0, 0.05) is 45.0 Å². The Labute approximate surface area is 187 Å². The molecule has 1 heterocycles. The van der Waals surface area contributed by atoms with Gasteiger partial charge in [0.05, 0.1) is 12.0 Å². The fourth-order valence-corrected chi connectivity index (χ4v) is 3.17. The first kappa shape index (κ1) is 24.5. The summed E-state index contributed by atoms with van der Waals surface area (Å²) in [5.74, 6) is 0.952. The molecule has 1 aliphatic rings. The molecule has 1 aromatic rings. The van der Waals surface area contributed by atoms with Crippen molar-refractivity contribution >= 4 is 41.5 Å². The van der Waals surface area contributed by atoms with E-state index < -0.39 is 5.41 Å². The Morgan fingerprint density at radius 1 is 1.11 bits per heavy atom. The van der Waals surface area contributed by atoms with Gasteiger partial charge in [-0.3, -0.25) is 9.79 Å². The number of nitrogens with one attached hydrogen (secondary N) is 2. The molecule has 0 aliphatic carbocycles. The fraction of sp³-hybridized carbons (Fsp3) is 0.619. The molecule has 1 amide bonds. The first-order chi connectivity index (χ1) is 12.9. The zero-order chi connectivity index (χ0) is 19.9. The summed E-state index contributed by atoms with van der Waals surface area (Å²) in [4.78, 5) is 21.7. The number of hydrogen-bond donors (Lipinski definition) is 2. The van der Waals surface area contributed by atoms with E-state index in [1.807, 2.05) is 20.8 Å². The minimum Gasteiger partial charge on any atom is -0.368 e. The van der Waals surface area contributed by atoms with Crippen LogP contribution in [0.1, 0.15) is 33.3 Å². The maximum Gasteiger partial charge on any atom is 0.227 e. The molecule has 2 rings (SSSR count). The van der Waals surface area contributed by atoms with Crippen LogP contribution in [0, 0.1) is 12.3 Å². The fourth-order valence-electron chi connectivity index (χ4n) is 3.17. The van der Waals surface area contributed by atoms with Gasteiger partial charge >= 0.3 is 0 Å². The van der Waals surface area contributed by atoms with Crippen LogP contribution >= 0.6 is 24.0 Å². The van der Waals surface area contributed by atoms with Crippen LogP contribution in [0.15, 0.2) is 29.3 Å². The normalized spacial score (nSPS) is 15.1. The zero-order valence-corrected chi connectivity index (χ0v) is 20.2. The highest BCUT2D eigenvalue weighted by molar-refractivity contribution is 14.0. The number of nitrogens with zero attached hydrogens (tertiary/aromatic N) is 3. The summed E-state index contributed by atoms with van der Waals surface area (Å²) < 4.78 is 0. The number of aryl methyl sites for hydroxylation is 1. The van der Waals surface area contributed by atoms with Crippen molar-refractivity contribution in [1.29, 1.82) is 0 Å². The molecular weight excluding hydrogens is 465 g/mol. The molecule has 0 atom stereocenters. The molecule has 1 aromatic carbocycles. The van der Waals surface area contributed by atoms with Gasteiger partial charge in [0.25, 0.3) is 0 Å². The lowest BCUT2D eigenvalue weighted by Gasteiger charge is -2.38. The molecular formula is C21H36IN5O. The van der Waals surface area contributed by atoms with E-state index in [1.165, 1.54) is 11.3 Å². The lowest BCUT2D eigenvalue weighted by atomic mass is 9.92. The number of carbonyl (C=O) groups is 1. The van der Waals surface area contributed by atoms with E-state index >= 15 is 0 Å². The number of guanidine groups is 1. The number of halogens is 1. The largest absolute Gasteiger partial charge is 0.368 e. The average Bonchev–Trinajstić information content (AvgIpc) is 2.65. The van der Waals surface area contributed by atoms with Crippen LogP contribution in [-0.4, -0.2) is 62.6 Å². The lowest BCUT2D eigenvalue weighted by molar-refractivity contribution is -0.128. The van der Waals surface area contributed by atoms with E-state index in [0.29, 0.717) is 13.1 Å². The van der Waals surface area contributed by atoms with Crippen molar-refractivity contribution in [2.75, 3.05) is 50.7 Å². The van der Waals surface area contributed by atoms with E-state index in [9.17, 15) is 4.79 Å². The van der Waals surface area contributed by atoms with Gasteiger partial charge in [-0.05, 0) is 52.3 Å². The molecule has 0 spiro atoms. The van der Waals surface area contributed by atoms with Gasteiger partial charge in [-0.2, -0.15) is 0 Å². The van der Waals surface area contributed by atoms with Gasteiger partial charge in [-0.25, -0.2) is 0 Å². The molecule has 28 heavy (non-hydrogen) atoms. The molecule has 7 heteroatoms. The molecule has 2 N–H and O–H groups in total. The topological polar surface area (TPSA) is 60.0 Å². The van der Waals surface area contributed by atoms with Crippen molar-refractivity contribution in [3.05, 3.63) is 29.8 Å². The monoisotopic (exact) mass is 501 g/mol. The van der Waals surface area contributed by atoms with Gasteiger partial charge in [0.15, 0.2) is 5.96 Å². The lowest BCUT2D eigenvalue weighted by Crippen LogP contribution is -2.53. The Morgan fingerprint density at radius 3 is 2.32 bits per heavy atom. The highest BCUT2D eigenvalue weighted by atomic mass is 127. The molecule has 1 saturated heterocycles. The smallest absolute Gasteiger partial charge is 0.227 e. The number of benzene rings is 1. The van der Waals surface area contributed by atoms with Crippen LogP contribution in [0.2, 0.25) is 0 Å². The number of aliphatic imine (C=N–C) groups is 1. The Bertz CT molecular complexity index is 654. The van der Waals surface area contributed by atoms with Crippen LogP contribution < -0.4 is 15.5 Å². The summed E-state index contributed by atoms with van der Waals surface area (Å²) in [7, 11) is 0. The Hall–Kier alpha value is -1.51. The van der Waals surface area contributed by atoms with E-state index in [4.69, 9.17) is 4.99 Å². The third-order valence-corrected chi connectivity index (χ3v) is 4.86. The summed E-state index contributed by atoms with van der Waals surface area (Å²) in [6, 6.07) is 8.67. The highest BCUT2D eigenvalue weighted by Crippen LogP contribution is 2.19. The summed E-state index contributed by atoms with van der Waals surface area (Å²) in [6.07, 6.45) is 0. The minimum atomic E-state index is -0.514. The molecule has 158 valence electrons. The predicted molar refractivity (Wildman–Crippen MR) is 129 cm³/mol. The number of amides is 1. The summed E-state index contributed by atoms with van der Waals surface area (Å²) in [5, 5.41) is 6.29. The maximum absolute atomic E-state index is 12.2. The maximum atomic E-state index is 12.2. The van der Waals surface area contributed by atoms with Crippen LogP contribution in [0.5, 0.6) is 0 Å². The van der Waals surface area contributed by atoms with Crippen LogP contribution in [-0.2, 0) is 4.79 Å². The van der Waals surface area contributed by atoms with E-state index in [1.54, 1.807) is 0 Å². The molecule has 0 unspecified atom stereocenters. The predicted octanol–water partition coefficient (Wildman–Crippen LogP) is 2.86. The van der Waals surface area contributed by atoms with E-state index in [2.05, 4.69) is 58.5 Å². The molecule has 0 bridgehead atoms. The van der Waals surface area contributed by atoms with Crippen molar-refractivity contribution in [3.63, 3.8) is 0 Å². The van der Waals surface area contributed by atoms with Gasteiger partial charge < -0.3 is 20.4 Å². The number of piperazine rings is 1. The van der Waals surface area contributed by atoms with Crippen molar-refractivity contribution in [1.82, 2.24) is 15.5 Å². The van der Waals surface area contributed by atoms with Crippen LogP contribution in [0.4, 0.5) is 5.69 Å². The number of rotatable bonds is 6. The van der Waals surface area contributed by atoms with Gasteiger partial charge in [-0.15, -0.1) is 24.0 Å². The molecule has 1 aliphatic heterocycles. The van der Waals surface area contributed by atoms with Crippen molar-refractivity contribution in [2.24, 2.45) is 10.4 Å². The minimum absolute atomic E-state index is 0. The number of hydrogen-bond acceptors (Lipinski definition) is 3. The van der Waals surface area contributed by atoms with Crippen LogP contribution in [0.3, 0.4) is 0 Å². The quantitative estimate of drug-likeness (QED) is 0.358. The van der Waals surface area contributed by atoms with Gasteiger partial charge in [0.2, 0.25) is 5.91 Å². The molecule has 6 nitrogen and oxygen atoms in total. The van der Waals surface area contributed by atoms with Gasteiger partial charge in [-0.1, -0.05) is 12.1 Å². The van der Waals surface area contributed by atoms with Crippen molar-refractivity contribution in [3.8, 4) is 0 Å². The van der Waals surface area contributed by atoms with E-state index in [-0.39, 0.29) is 29.9 Å². The van der Waals surface area contributed by atoms with Crippen LogP contribution in [0.25, 0.3) is 0 Å². The number of anilines is 1. The van der Waals surface area contributed by atoms with Crippen molar-refractivity contribution < 1.29 is 4.79 Å². The average molecular weight is 501 g/mol. The Balaban J connectivity index is 0.00000392. The standard InChI is InChI=1S/C21H35N5O.HI/c1-6-22-19(27)21(4,5)16-24-20(23-7-2)26-13-11-25(12-14-26)18-10-8-9-17(3)15-18;/h8-10,15H,6-7,11-14,16H2,1-5H3,(H,22,27)(H,23,24);1H. The SMILES string of the molecule is CCNC(=O)C(C)(C)CN=C(NCC)N1CCN(c2cccc(C)c2)CC1.I. The number of carbonyl (C=O) groups excluding carboxylic acids is 1. The first-order valence-corrected chi connectivity index (χ1v) is 10.0. The first-order valence-electron chi connectivity index (χ1n) is 10.0. The molecule has 0 radical (unpaired) electrons. The van der Waals surface area contributed by atoms with Crippen molar-refractivity contribution in [2.45, 2.75) is 34.6 Å². The molecule has 1 fully saturated rings. The molecule has 0 saturated carbocycles.